The van der Waals surface area contributed by atoms with Crippen molar-refractivity contribution in [3.05, 3.63) is 29.3 Å². The molecule has 0 aliphatic carbocycles. The maximum atomic E-state index is 9.17. The molecule has 0 aromatic heterocycles. The first-order chi connectivity index (χ1) is 5.24. The average Bonchev–Trinajstić information content (AvgIpc) is 1.98. The molecule has 0 aliphatic heterocycles. The normalized spacial score (nSPS) is 10.7. The number of aryl methyl sites for hydroxylation is 1. The molecule has 11 heavy (non-hydrogen) atoms. The Morgan fingerprint density at radius 1 is 1.45 bits per heavy atom. The van der Waals surface area contributed by atoms with Crippen LogP contribution in [0.3, 0.4) is 0 Å². The van der Waals surface area contributed by atoms with E-state index in [9.17, 15) is 0 Å². The number of hydrogen-bond donors (Lipinski definition) is 1. The first-order valence-electron chi connectivity index (χ1n) is 3.46. The van der Waals surface area contributed by atoms with Crippen molar-refractivity contribution >= 4 is 6.21 Å². The van der Waals surface area contributed by atoms with Crippen LogP contribution in [0.15, 0.2) is 23.2 Å². The summed E-state index contributed by atoms with van der Waals surface area (Å²) in [5.74, 6) is 0.332. The summed E-state index contributed by atoms with van der Waals surface area (Å²) in [6.45, 7) is 1.86. The molecule has 0 bridgehead atoms. The molecule has 1 aromatic carbocycles. The number of aromatic hydroxyl groups is 1. The molecule has 0 amide bonds. The fraction of sp³-hybridized carbons (Fsp3) is 0.222. The van der Waals surface area contributed by atoms with E-state index in [1.807, 2.05) is 19.1 Å². The number of hydrogen-bond acceptors (Lipinski definition) is 2. The third-order valence-electron chi connectivity index (χ3n) is 1.50. The van der Waals surface area contributed by atoms with E-state index in [0.717, 1.165) is 11.1 Å². The predicted octanol–water partition coefficient (Wildman–Crippen LogP) is 1.75. The largest absolute Gasteiger partial charge is 0.508 e. The second kappa shape index (κ2) is 3.19. The van der Waals surface area contributed by atoms with E-state index in [1.54, 1.807) is 19.3 Å². The summed E-state index contributed by atoms with van der Waals surface area (Å²) in [6, 6.07) is 5.39. The number of rotatable bonds is 1. The van der Waals surface area contributed by atoms with Crippen LogP contribution in [-0.2, 0) is 0 Å². The summed E-state index contributed by atoms with van der Waals surface area (Å²) in [7, 11) is 1.72. The fourth-order valence-electron chi connectivity index (χ4n) is 0.908. The van der Waals surface area contributed by atoms with Gasteiger partial charge < -0.3 is 5.11 Å². The zero-order chi connectivity index (χ0) is 8.27. The van der Waals surface area contributed by atoms with Crippen LogP contribution in [0.1, 0.15) is 11.1 Å². The van der Waals surface area contributed by atoms with Crippen molar-refractivity contribution in [2.45, 2.75) is 6.92 Å². The fourth-order valence-corrected chi connectivity index (χ4v) is 0.908. The SMILES string of the molecule is CN=Cc1ccc(O)c(C)c1. The van der Waals surface area contributed by atoms with Crippen molar-refractivity contribution in [2.24, 2.45) is 4.99 Å². The Hall–Kier alpha value is -1.31. The summed E-state index contributed by atoms with van der Waals surface area (Å²) in [6.07, 6.45) is 1.76. The molecule has 2 nitrogen and oxygen atoms in total. The molecule has 58 valence electrons. The highest BCUT2D eigenvalue weighted by Gasteiger charge is 1.94. The first kappa shape index (κ1) is 7.79. The van der Waals surface area contributed by atoms with Gasteiger partial charge in [0.25, 0.3) is 0 Å². The molecule has 0 saturated heterocycles. The number of phenolic OH excluding ortho intramolecular Hbond substituents is 1. The van der Waals surface area contributed by atoms with Gasteiger partial charge in [0, 0.05) is 13.3 Å². The zero-order valence-electron chi connectivity index (χ0n) is 6.70. The van der Waals surface area contributed by atoms with E-state index in [-0.39, 0.29) is 0 Å². The van der Waals surface area contributed by atoms with Gasteiger partial charge >= 0.3 is 0 Å². The molecule has 1 rings (SSSR count). The van der Waals surface area contributed by atoms with Crippen LogP contribution in [0.5, 0.6) is 5.75 Å². The van der Waals surface area contributed by atoms with Crippen molar-refractivity contribution in [1.82, 2.24) is 0 Å². The van der Waals surface area contributed by atoms with Crippen molar-refractivity contribution in [2.75, 3.05) is 7.05 Å². The third kappa shape index (κ3) is 1.80. The molecule has 0 aliphatic rings. The van der Waals surface area contributed by atoms with Gasteiger partial charge in [-0.05, 0) is 36.2 Å². The Balaban J connectivity index is 3.05. The number of aliphatic imine (C=N–C) groups is 1. The smallest absolute Gasteiger partial charge is 0.118 e. The predicted molar refractivity (Wildman–Crippen MR) is 46.4 cm³/mol. The molecule has 0 spiro atoms. The van der Waals surface area contributed by atoms with Crippen LogP contribution in [-0.4, -0.2) is 18.4 Å². The monoisotopic (exact) mass is 149 g/mol. The zero-order valence-corrected chi connectivity index (χ0v) is 6.70. The minimum atomic E-state index is 0.332. The molecule has 1 aromatic rings. The van der Waals surface area contributed by atoms with E-state index < -0.39 is 0 Å². The van der Waals surface area contributed by atoms with Crippen LogP contribution in [0.4, 0.5) is 0 Å². The summed E-state index contributed by atoms with van der Waals surface area (Å²) in [5.41, 5.74) is 1.89. The van der Waals surface area contributed by atoms with Crippen molar-refractivity contribution in [3.63, 3.8) is 0 Å². The van der Waals surface area contributed by atoms with Crippen molar-refractivity contribution < 1.29 is 5.11 Å². The van der Waals surface area contributed by atoms with E-state index in [4.69, 9.17) is 5.11 Å². The van der Waals surface area contributed by atoms with Crippen LogP contribution >= 0.6 is 0 Å². The van der Waals surface area contributed by atoms with Crippen LogP contribution in [0.2, 0.25) is 0 Å². The van der Waals surface area contributed by atoms with Gasteiger partial charge in [-0.2, -0.15) is 0 Å². The molecule has 2 heteroatoms. The summed E-state index contributed by atoms with van der Waals surface area (Å²) in [4.78, 5) is 3.87. The van der Waals surface area contributed by atoms with Gasteiger partial charge in [-0.15, -0.1) is 0 Å². The highest BCUT2D eigenvalue weighted by atomic mass is 16.3. The number of phenols is 1. The summed E-state index contributed by atoms with van der Waals surface area (Å²) < 4.78 is 0. The Kier molecular flexibility index (Phi) is 2.26. The van der Waals surface area contributed by atoms with Gasteiger partial charge in [-0.25, -0.2) is 0 Å². The minimum Gasteiger partial charge on any atom is -0.508 e. The third-order valence-corrected chi connectivity index (χ3v) is 1.50. The second-order valence-corrected chi connectivity index (χ2v) is 2.43. The topological polar surface area (TPSA) is 32.6 Å². The first-order valence-corrected chi connectivity index (χ1v) is 3.46. The molecule has 0 saturated carbocycles. The molecule has 0 heterocycles. The van der Waals surface area contributed by atoms with Gasteiger partial charge in [0.1, 0.15) is 5.75 Å². The second-order valence-electron chi connectivity index (χ2n) is 2.43. The van der Waals surface area contributed by atoms with E-state index >= 15 is 0 Å². The lowest BCUT2D eigenvalue weighted by molar-refractivity contribution is 0.471. The minimum absolute atomic E-state index is 0.332. The Morgan fingerprint density at radius 3 is 2.73 bits per heavy atom. The molecular formula is C9H11NO. The summed E-state index contributed by atoms with van der Waals surface area (Å²) in [5, 5.41) is 9.17. The molecular weight excluding hydrogens is 138 g/mol. The van der Waals surface area contributed by atoms with Crippen LogP contribution < -0.4 is 0 Å². The lowest BCUT2D eigenvalue weighted by Crippen LogP contribution is -1.82. The maximum Gasteiger partial charge on any atom is 0.118 e. The highest BCUT2D eigenvalue weighted by Crippen LogP contribution is 2.15. The Bertz CT molecular complexity index is 279. The van der Waals surface area contributed by atoms with Crippen LogP contribution in [0.25, 0.3) is 0 Å². The number of nitrogens with zero attached hydrogens (tertiary/aromatic N) is 1. The average molecular weight is 149 g/mol. The van der Waals surface area contributed by atoms with Crippen molar-refractivity contribution in [1.29, 1.82) is 0 Å². The number of benzene rings is 1. The van der Waals surface area contributed by atoms with E-state index in [1.165, 1.54) is 0 Å². The van der Waals surface area contributed by atoms with Gasteiger partial charge in [-0.3, -0.25) is 4.99 Å². The van der Waals surface area contributed by atoms with Crippen molar-refractivity contribution in [3.8, 4) is 5.75 Å². The molecule has 0 fully saturated rings. The maximum absolute atomic E-state index is 9.17. The molecule has 0 unspecified atom stereocenters. The summed E-state index contributed by atoms with van der Waals surface area (Å²) >= 11 is 0. The van der Waals surface area contributed by atoms with Gasteiger partial charge in [0.2, 0.25) is 0 Å². The van der Waals surface area contributed by atoms with Gasteiger partial charge in [0.05, 0.1) is 0 Å². The van der Waals surface area contributed by atoms with Gasteiger partial charge in [-0.1, -0.05) is 0 Å². The van der Waals surface area contributed by atoms with Gasteiger partial charge in [0.15, 0.2) is 0 Å². The van der Waals surface area contributed by atoms with E-state index in [2.05, 4.69) is 4.99 Å². The van der Waals surface area contributed by atoms with Crippen LogP contribution in [0, 0.1) is 6.92 Å². The lowest BCUT2D eigenvalue weighted by Gasteiger charge is -1.98. The molecule has 0 radical (unpaired) electrons. The molecule has 0 atom stereocenters. The highest BCUT2D eigenvalue weighted by molar-refractivity contribution is 5.80. The quantitative estimate of drug-likeness (QED) is 0.606. The Labute approximate surface area is 66.2 Å². The standard InChI is InChI=1S/C9H11NO/c1-7-5-8(6-10-2)3-4-9(7)11/h3-6,11H,1-2H3. The van der Waals surface area contributed by atoms with E-state index in [0.29, 0.717) is 5.75 Å². The Morgan fingerprint density at radius 2 is 2.18 bits per heavy atom. The molecule has 1 N–H and O–H groups in total. The lowest BCUT2D eigenvalue weighted by atomic mass is 10.1.